The van der Waals surface area contributed by atoms with Gasteiger partial charge in [-0.1, -0.05) is 31.9 Å². The Labute approximate surface area is 204 Å². The van der Waals surface area contributed by atoms with E-state index in [4.69, 9.17) is 4.74 Å². The number of aryl methyl sites for hydroxylation is 1. The van der Waals surface area contributed by atoms with Crippen molar-refractivity contribution in [3.05, 3.63) is 59.3 Å². The van der Waals surface area contributed by atoms with Crippen LogP contribution in [0.4, 0.5) is 5.82 Å². The Morgan fingerprint density at radius 2 is 1.94 bits per heavy atom. The molecule has 3 aliphatic rings. The summed E-state index contributed by atoms with van der Waals surface area (Å²) in [5, 5.41) is 11.0. The Bertz CT molecular complexity index is 1020. The summed E-state index contributed by atoms with van der Waals surface area (Å²) in [6.07, 6.45) is 8.38. The molecule has 2 aromatic rings. The van der Waals surface area contributed by atoms with Gasteiger partial charge in [-0.05, 0) is 74.4 Å². The molecule has 1 unspecified atom stereocenters. The fourth-order valence-electron chi connectivity index (χ4n) is 6.14. The number of nitrogens with zero attached hydrogens (tertiary/aromatic N) is 3. The first-order valence-corrected chi connectivity index (χ1v) is 12.9. The highest BCUT2D eigenvalue weighted by Crippen LogP contribution is 2.40. The van der Waals surface area contributed by atoms with Crippen molar-refractivity contribution in [1.29, 1.82) is 0 Å². The van der Waals surface area contributed by atoms with Gasteiger partial charge in [-0.15, -0.1) is 0 Å². The number of benzene rings is 1. The molecule has 1 spiro atoms. The van der Waals surface area contributed by atoms with Crippen LogP contribution < -0.4 is 4.90 Å². The van der Waals surface area contributed by atoms with Gasteiger partial charge in [0.2, 0.25) is 0 Å². The molecule has 5 rings (SSSR count). The Hall–Kier alpha value is -2.44. The minimum atomic E-state index is -0.725. The summed E-state index contributed by atoms with van der Waals surface area (Å²) in [5.41, 5.74) is 1.74. The predicted octanol–water partition coefficient (Wildman–Crippen LogP) is 4.69. The molecule has 6 heteroatoms. The molecule has 1 amide bonds. The van der Waals surface area contributed by atoms with E-state index in [0.29, 0.717) is 18.7 Å². The van der Waals surface area contributed by atoms with Crippen LogP contribution in [-0.4, -0.2) is 58.8 Å². The van der Waals surface area contributed by atoms with E-state index >= 15 is 0 Å². The van der Waals surface area contributed by atoms with Crippen LogP contribution in [-0.2, 0) is 10.3 Å². The van der Waals surface area contributed by atoms with Crippen molar-refractivity contribution in [2.75, 3.05) is 31.1 Å². The normalized spacial score (nSPS) is 23.9. The molecule has 0 bridgehead atoms. The van der Waals surface area contributed by atoms with Gasteiger partial charge in [0.15, 0.2) is 0 Å². The standard InChI is InChI=1S/C28H37N3O3.H2/c1-3-23-19-31(25-8-4-7-15-29-25)20-27(34-23)13-16-30(17-14-27)26(32)22-9-10-24(21(2)18-22)28(33)11-5-6-12-28;/h4,7-10,15,18,23,33H,3,5-6,11-14,16-17,19-20H2,1-2H3;1H. The zero-order chi connectivity index (χ0) is 23.8. The molecule has 1 saturated carbocycles. The molecule has 1 aliphatic carbocycles. The number of morpholine rings is 1. The second-order valence-corrected chi connectivity index (χ2v) is 10.5. The number of pyridine rings is 1. The maximum atomic E-state index is 13.3. The third-order valence-corrected chi connectivity index (χ3v) is 8.12. The van der Waals surface area contributed by atoms with Crippen LogP contribution in [0, 0.1) is 6.92 Å². The average molecular weight is 466 g/mol. The number of hydrogen-bond acceptors (Lipinski definition) is 5. The van der Waals surface area contributed by atoms with Gasteiger partial charge < -0.3 is 19.6 Å². The molecule has 3 heterocycles. The van der Waals surface area contributed by atoms with Crippen molar-refractivity contribution in [1.82, 2.24) is 9.88 Å². The van der Waals surface area contributed by atoms with Crippen molar-refractivity contribution in [2.24, 2.45) is 0 Å². The van der Waals surface area contributed by atoms with E-state index in [1.807, 2.05) is 48.4 Å². The quantitative estimate of drug-likeness (QED) is 0.710. The highest BCUT2D eigenvalue weighted by atomic mass is 16.5. The molecule has 184 valence electrons. The first-order chi connectivity index (χ1) is 16.4. The number of piperidine rings is 1. The predicted molar refractivity (Wildman–Crippen MR) is 135 cm³/mol. The number of amides is 1. The minimum Gasteiger partial charge on any atom is -0.385 e. The Morgan fingerprint density at radius 3 is 2.59 bits per heavy atom. The number of anilines is 1. The van der Waals surface area contributed by atoms with Gasteiger partial charge in [0, 0.05) is 39.4 Å². The van der Waals surface area contributed by atoms with Crippen LogP contribution in [0.2, 0.25) is 0 Å². The maximum Gasteiger partial charge on any atom is 0.253 e. The maximum absolute atomic E-state index is 13.3. The molecule has 1 atom stereocenters. The van der Waals surface area contributed by atoms with Gasteiger partial charge in [-0.25, -0.2) is 4.98 Å². The fourth-order valence-corrected chi connectivity index (χ4v) is 6.14. The number of aromatic nitrogens is 1. The Morgan fingerprint density at radius 1 is 1.18 bits per heavy atom. The van der Waals surface area contributed by atoms with Crippen LogP contribution in [0.25, 0.3) is 0 Å². The van der Waals surface area contributed by atoms with Crippen molar-refractivity contribution in [2.45, 2.75) is 76.1 Å². The zero-order valence-corrected chi connectivity index (χ0v) is 20.5. The fraction of sp³-hybridized carbons (Fsp3) is 0.571. The summed E-state index contributed by atoms with van der Waals surface area (Å²) in [7, 11) is 0. The third-order valence-electron chi connectivity index (χ3n) is 8.12. The van der Waals surface area contributed by atoms with E-state index in [1.54, 1.807) is 0 Å². The summed E-state index contributed by atoms with van der Waals surface area (Å²) in [4.78, 5) is 22.2. The van der Waals surface area contributed by atoms with E-state index < -0.39 is 5.60 Å². The highest BCUT2D eigenvalue weighted by molar-refractivity contribution is 5.94. The van der Waals surface area contributed by atoms with Gasteiger partial charge in [-0.2, -0.15) is 0 Å². The number of ether oxygens (including phenoxy) is 1. The average Bonchev–Trinajstić information content (AvgIpc) is 3.31. The number of aliphatic hydroxyl groups is 1. The molecule has 1 N–H and O–H groups in total. The molecule has 34 heavy (non-hydrogen) atoms. The minimum absolute atomic E-state index is 0. The van der Waals surface area contributed by atoms with Crippen molar-refractivity contribution in [3.8, 4) is 0 Å². The summed E-state index contributed by atoms with van der Waals surface area (Å²) >= 11 is 0. The number of rotatable bonds is 4. The first kappa shape index (κ1) is 23.3. The van der Waals surface area contributed by atoms with E-state index in [-0.39, 0.29) is 19.0 Å². The van der Waals surface area contributed by atoms with Crippen LogP contribution >= 0.6 is 0 Å². The molecule has 1 aromatic heterocycles. The molecule has 2 aliphatic heterocycles. The highest BCUT2D eigenvalue weighted by Gasteiger charge is 2.44. The molecular weight excluding hydrogens is 426 g/mol. The van der Waals surface area contributed by atoms with E-state index in [2.05, 4.69) is 22.9 Å². The van der Waals surface area contributed by atoms with Crippen molar-refractivity contribution in [3.63, 3.8) is 0 Å². The van der Waals surface area contributed by atoms with Crippen LogP contribution in [0.1, 0.15) is 74.8 Å². The lowest BCUT2D eigenvalue weighted by Gasteiger charge is -2.50. The lowest BCUT2D eigenvalue weighted by Crippen LogP contribution is -2.60. The number of carbonyl (C=O) groups excluding carboxylic acids is 1. The van der Waals surface area contributed by atoms with Gasteiger partial charge in [-0.3, -0.25) is 4.79 Å². The summed E-state index contributed by atoms with van der Waals surface area (Å²) in [6, 6.07) is 11.9. The van der Waals surface area contributed by atoms with Crippen molar-refractivity contribution < 1.29 is 16.1 Å². The lowest BCUT2D eigenvalue weighted by atomic mass is 9.86. The van der Waals surface area contributed by atoms with Crippen LogP contribution in [0.15, 0.2) is 42.6 Å². The molecular formula is C28H39N3O3. The van der Waals surface area contributed by atoms with Gasteiger partial charge >= 0.3 is 0 Å². The molecule has 1 aromatic carbocycles. The Balaban J connectivity index is 0.00000289. The lowest BCUT2D eigenvalue weighted by molar-refractivity contribution is -0.130. The summed E-state index contributed by atoms with van der Waals surface area (Å²) in [5.74, 6) is 1.08. The van der Waals surface area contributed by atoms with Crippen molar-refractivity contribution >= 4 is 11.7 Å². The van der Waals surface area contributed by atoms with Gasteiger partial charge in [0.05, 0.1) is 17.3 Å². The smallest absolute Gasteiger partial charge is 0.253 e. The second kappa shape index (κ2) is 9.31. The summed E-state index contributed by atoms with van der Waals surface area (Å²) in [6.45, 7) is 7.24. The second-order valence-electron chi connectivity index (χ2n) is 10.5. The SMILES string of the molecule is CCC1CN(c2ccccn2)CC2(CCN(C(=O)c3ccc(C4(O)CCCC4)c(C)c3)CC2)O1.[HH]. The monoisotopic (exact) mass is 465 g/mol. The first-order valence-electron chi connectivity index (χ1n) is 12.9. The molecule has 6 nitrogen and oxygen atoms in total. The number of hydrogen-bond donors (Lipinski definition) is 1. The van der Waals surface area contributed by atoms with Gasteiger partial charge in [0.25, 0.3) is 5.91 Å². The largest absolute Gasteiger partial charge is 0.385 e. The van der Waals surface area contributed by atoms with E-state index in [1.165, 1.54) is 0 Å². The topological polar surface area (TPSA) is 65.9 Å². The van der Waals surface area contributed by atoms with E-state index in [9.17, 15) is 9.90 Å². The zero-order valence-electron chi connectivity index (χ0n) is 20.5. The molecule has 2 saturated heterocycles. The Kier molecular flexibility index (Phi) is 6.38. The van der Waals surface area contributed by atoms with E-state index in [0.717, 1.165) is 75.0 Å². The summed E-state index contributed by atoms with van der Waals surface area (Å²) < 4.78 is 6.62. The van der Waals surface area contributed by atoms with Crippen LogP contribution in [0.3, 0.4) is 0 Å². The van der Waals surface area contributed by atoms with Crippen LogP contribution in [0.5, 0.6) is 0 Å². The third kappa shape index (κ3) is 4.46. The molecule has 3 fully saturated rings. The molecule has 0 radical (unpaired) electrons. The number of carbonyl (C=O) groups is 1. The van der Waals surface area contributed by atoms with Gasteiger partial charge in [0.1, 0.15) is 5.82 Å². The number of likely N-dealkylation sites (tertiary alicyclic amines) is 1.